The van der Waals surface area contributed by atoms with Gasteiger partial charge in [-0.1, -0.05) is 18.2 Å². The molecule has 1 aromatic heterocycles. The van der Waals surface area contributed by atoms with Gasteiger partial charge >= 0.3 is 18.4 Å². The molecule has 0 atom stereocenters. The summed E-state index contributed by atoms with van der Waals surface area (Å²) in [7, 11) is 2.01. The molecule has 170 valence electrons. The van der Waals surface area contributed by atoms with Crippen LogP contribution < -0.4 is 15.8 Å². The van der Waals surface area contributed by atoms with Crippen LogP contribution in [-0.4, -0.2) is 72.3 Å². The van der Waals surface area contributed by atoms with E-state index in [9.17, 15) is 23.2 Å². The van der Waals surface area contributed by atoms with Gasteiger partial charge in [0, 0.05) is 38.1 Å². The van der Waals surface area contributed by atoms with Gasteiger partial charge in [-0.25, -0.2) is 4.79 Å². The number of hydrazine groups is 1. The van der Waals surface area contributed by atoms with E-state index in [1.807, 2.05) is 42.8 Å². The third kappa shape index (κ3) is 5.97. The monoisotopic (exact) mass is 446 g/mol. The minimum atomic E-state index is -3.24. The third-order valence-electron chi connectivity index (χ3n) is 4.98. The maximum Gasteiger partial charge on any atom is 0.324 e. The number of amides is 4. The normalized spacial score (nSPS) is 14.2. The first-order valence-electron chi connectivity index (χ1n) is 9.98. The Kier molecular flexibility index (Phi) is 7.66. The number of alkyl halides is 2. The molecule has 0 bridgehead atoms. The SMILES string of the molecule is CN1CCN(C(=O)N(Cc2ccc(C(=O)NNC(=O)C(F)F)cn2)c2ccccc2)CC1. The van der Waals surface area contributed by atoms with Crippen LogP contribution in [0.25, 0.3) is 0 Å². The van der Waals surface area contributed by atoms with E-state index in [0.717, 1.165) is 18.8 Å². The second kappa shape index (κ2) is 10.6. The molecule has 2 N–H and O–H groups in total. The number of piperazine rings is 1. The van der Waals surface area contributed by atoms with Crippen LogP contribution in [0.5, 0.6) is 0 Å². The summed E-state index contributed by atoms with van der Waals surface area (Å²) in [6.45, 7) is 3.00. The van der Waals surface area contributed by atoms with Crippen molar-refractivity contribution in [3.63, 3.8) is 0 Å². The molecule has 0 saturated carbocycles. The Hall–Kier alpha value is -3.60. The summed E-state index contributed by atoms with van der Waals surface area (Å²) in [5.41, 5.74) is 4.84. The molecule has 9 nitrogen and oxygen atoms in total. The van der Waals surface area contributed by atoms with Crippen LogP contribution in [0.3, 0.4) is 0 Å². The van der Waals surface area contributed by atoms with E-state index in [2.05, 4.69) is 9.88 Å². The Morgan fingerprint density at radius 2 is 1.72 bits per heavy atom. The molecule has 0 aliphatic carbocycles. The average Bonchev–Trinajstić information content (AvgIpc) is 2.81. The van der Waals surface area contributed by atoms with E-state index in [4.69, 9.17) is 0 Å². The van der Waals surface area contributed by atoms with E-state index in [-0.39, 0.29) is 18.1 Å². The van der Waals surface area contributed by atoms with Crippen molar-refractivity contribution in [1.82, 2.24) is 25.6 Å². The molecular weight excluding hydrogens is 422 g/mol. The van der Waals surface area contributed by atoms with Gasteiger partial charge in [0.15, 0.2) is 0 Å². The van der Waals surface area contributed by atoms with Crippen molar-refractivity contribution in [3.05, 3.63) is 59.9 Å². The molecule has 4 amide bonds. The number of urea groups is 1. The number of hydrogen-bond acceptors (Lipinski definition) is 5. The molecule has 32 heavy (non-hydrogen) atoms. The Balaban J connectivity index is 1.70. The third-order valence-corrected chi connectivity index (χ3v) is 4.98. The van der Waals surface area contributed by atoms with Crippen molar-refractivity contribution in [3.8, 4) is 0 Å². The van der Waals surface area contributed by atoms with E-state index in [0.29, 0.717) is 18.8 Å². The molecule has 0 unspecified atom stereocenters. The summed E-state index contributed by atoms with van der Waals surface area (Å²) in [4.78, 5) is 45.9. The van der Waals surface area contributed by atoms with Gasteiger partial charge in [0.05, 0.1) is 17.8 Å². The van der Waals surface area contributed by atoms with Crippen molar-refractivity contribution < 1.29 is 23.2 Å². The number of halogens is 2. The number of likely N-dealkylation sites (N-methyl/N-ethyl adjacent to an activating group) is 1. The van der Waals surface area contributed by atoms with Crippen LogP contribution in [0.2, 0.25) is 0 Å². The van der Waals surface area contributed by atoms with Gasteiger partial charge in [0.1, 0.15) is 0 Å². The van der Waals surface area contributed by atoms with Gasteiger partial charge in [0.2, 0.25) is 0 Å². The van der Waals surface area contributed by atoms with Crippen molar-refractivity contribution >= 4 is 23.5 Å². The van der Waals surface area contributed by atoms with E-state index in [1.54, 1.807) is 21.3 Å². The van der Waals surface area contributed by atoms with Crippen molar-refractivity contribution in [2.45, 2.75) is 13.0 Å². The number of nitrogens with one attached hydrogen (secondary N) is 2. The van der Waals surface area contributed by atoms with Crippen molar-refractivity contribution in [2.24, 2.45) is 0 Å². The number of para-hydroxylation sites is 1. The summed E-state index contributed by atoms with van der Waals surface area (Å²) in [6, 6.07) is 12.1. The highest BCUT2D eigenvalue weighted by molar-refractivity contribution is 5.95. The van der Waals surface area contributed by atoms with Gasteiger partial charge in [0.25, 0.3) is 5.91 Å². The number of carbonyl (C=O) groups is 3. The zero-order valence-electron chi connectivity index (χ0n) is 17.5. The number of benzene rings is 1. The second-order valence-electron chi connectivity index (χ2n) is 7.28. The lowest BCUT2D eigenvalue weighted by atomic mass is 10.2. The molecule has 1 aliphatic rings. The minimum Gasteiger partial charge on any atom is -0.322 e. The summed E-state index contributed by atoms with van der Waals surface area (Å²) >= 11 is 0. The topological polar surface area (TPSA) is 97.9 Å². The van der Waals surface area contributed by atoms with Gasteiger partial charge in [-0.05, 0) is 31.3 Å². The number of hydrogen-bond donors (Lipinski definition) is 2. The lowest BCUT2D eigenvalue weighted by molar-refractivity contribution is -0.132. The fourth-order valence-electron chi connectivity index (χ4n) is 3.11. The van der Waals surface area contributed by atoms with Crippen molar-refractivity contribution in [1.29, 1.82) is 0 Å². The molecule has 1 saturated heterocycles. The molecule has 1 aromatic carbocycles. The summed E-state index contributed by atoms with van der Waals surface area (Å²) in [6.07, 6.45) is -1.99. The van der Waals surface area contributed by atoms with Gasteiger partial charge in [-0.3, -0.25) is 30.3 Å². The minimum absolute atomic E-state index is 0.0694. The smallest absolute Gasteiger partial charge is 0.322 e. The maximum absolute atomic E-state index is 13.2. The highest BCUT2D eigenvalue weighted by Gasteiger charge is 2.25. The molecule has 0 radical (unpaired) electrons. The van der Waals surface area contributed by atoms with Gasteiger partial charge in [-0.15, -0.1) is 0 Å². The molecule has 2 heterocycles. The van der Waals surface area contributed by atoms with Crippen LogP contribution in [-0.2, 0) is 11.3 Å². The first-order chi connectivity index (χ1) is 15.3. The number of rotatable bonds is 5. The summed E-state index contributed by atoms with van der Waals surface area (Å²) < 4.78 is 24.4. The van der Waals surface area contributed by atoms with Crippen LogP contribution in [0.1, 0.15) is 16.1 Å². The number of carbonyl (C=O) groups excluding carboxylic acids is 3. The average molecular weight is 446 g/mol. The molecule has 11 heteroatoms. The Morgan fingerprint density at radius 1 is 1.03 bits per heavy atom. The molecule has 2 aromatic rings. The lowest BCUT2D eigenvalue weighted by Gasteiger charge is -2.36. The lowest BCUT2D eigenvalue weighted by Crippen LogP contribution is -2.52. The van der Waals surface area contributed by atoms with Gasteiger partial charge in [-0.2, -0.15) is 8.78 Å². The predicted octanol–water partition coefficient (Wildman–Crippen LogP) is 1.48. The quantitative estimate of drug-likeness (QED) is 0.679. The van der Waals surface area contributed by atoms with Crippen LogP contribution in [0.15, 0.2) is 48.7 Å². The Bertz CT molecular complexity index is 934. The molecule has 0 spiro atoms. The first kappa shape index (κ1) is 23.1. The Labute approximate surface area is 184 Å². The van der Waals surface area contributed by atoms with Crippen LogP contribution >= 0.6 is 0 Å². The fraction of sp³-hybridized carbons (Fsp3) is 0.333. The highest BCUT2D eigenvalue weighted by atomic mass is 19.3. The zero-order valence-corrected chi connectivity index (χ0v) is 17.5. The number of nitrogens with zero attached hydrogens (tertiary/aromatic N) is 4. The number of aromatic nitrogens is 1. The number of pyridine rings is 1. The van der Waals surface area contributed by atoms with Crippen LogP contribution in [0.4, 0.5) is 19.3 Å². The predicted molar refractivity (Wildman–Crippen MR) is 113 cm³/mol. The second-order valence-corrected chi connectivity index (χ2v) is 7.28. The highest BCUT2D eigenvalue weighted by Crippen LogP contribution is 2.19. The molecular formula is C21H24F2N6O3. The maximum atomic E-state index is 13.2. The Morgan fingerprint density at radius 3 is 2.31 bits per heavy atom. The summed E-state index contributed by atoms with van der Waals surface area (Å²) in [5, 5.41) is 0. The van der Waals surface area contributed by atoms with Gasteiger partial charge < -0.3 is 9.80 Å². The van der Waals surface area contributed by atoms with E-state index >= 15 is 0 Å². The zero-order chi connectivity index (χ0) is 23.1. The van der Waals surface area contributed by atoms with Crippen LogP contribution in [0, 0.1) is 0 Å². The first-order valence-corrected chi connectivity index (χ1v) is 9.98. The molecule has 1 aliphatic heterocycles. The standard InChI is InChI=1S/C21H24F2N6O3/c1-27-9-11-28(12-10-27)21(32)29(17-5-3-2-4-6-17)14-16-8-7-15(13-24-16)19(30)25-26-20(31)18(22)23/h2-8,13,18H,9-12,14H2,1H3,(H,25,30)(H,26,31). The number of anilines is 1. The molecule has 1 fully saturated rings. The van der Waals surface area contributed by atoms with E-state index in [1.165, 1.54) is 12.3 Å². The fourth-order valence-corrected chi connectivity index (χ4v) is 3.11. The largest absolute Gasteiger partial charge is 0.324 e. The van der Waals surface area contributed by atoms with E-state index < -0.39 is 18.2 Å². The molecule has 3 rings (SSSR count). The summed E-state index contributed by atoms with van der Waals surface area (Å²) in [5.74, 6) is -2.39. The van der Waals surface area contributed by atoms with Crippen molar-refractivity contribution in [2.75, 3.05) is 38.1 Å².